The Labute approximate surface area is 107 Å². The fraction of sp³-hybridized carbons (Fsp3) is 0.385. The predicted molar refractivity (Wildman–Crippen MR) is 69.1 cm³/mol. The van der Waals surface area contributed by atoms with Crippen molar-refractivity contribution in [3.05, 3.63) is 35.9 Å². The lowest BCUT2D eigenvalue weighted by Crippen LogP contribution is -2.24. The zero-order chi connectivity index (χ0) is 13.4. The Morgan fingerprint density at radius 1 is 1.28 bits per heavy atom. The average Bonchev–Trinajstić information content (AvgIpc) is 2.37. The minimum absolute atomic E-state index is 0.229. The van der Waals surface area contributed by atoms with Crippen LogP contribution >= 0.6 is 0 Å². The van der Waals surface area contributed by atoms with Gasteiger partial charge in [-0.25, -0.2) is 4.79 Å². The topological polar surface area (TPSA) is 51.1 Å². The van der Waals surface area contributed by atoms with E-state index in [1.807, 2.05) is 37.3 Å². The van der Waals surface area contributed by atoms with Gasteiger partial charge >= 0.3 is 6.09 Å². The zero-order valence-electron chi connectivity index (χ0n) is 10.9. The van der Waals surface area contributed by atoms with Gasteiger partial charge in [0.25, 0.3) is 0 Å². The summed E-state index contributed by atoms with van der Waals surface area (Å²) in [7, 11) is 1.52. The molecule has 98 valence electrons. The first-order chi connectivity index (χ1) is 8.63. The largest absolute Gasteiger partial charge is 0.480 e. The molecular weight excluding hydrogens is 232 g/mol. The third-order valence-corrected chi connectivity index (χ3v) is 2.11. The minimum Gasteiger partial charge on any atom is -0.480 e. The van der Waals surface area contributed by atoms with E-state index in [9.17, 15) is 4.79 Å². The second-order valence-electron chi connectivity index (χ2n) is 3.62. The van der Waals surface area contributed by atoms with Gasteiger partial charge < -0.3 is 9.47 Å². The highest BCUT2D eigenvalue weighted by Crippen LogP contribution is 2.02. The number of carbonyl (C=O) groups is 1. The summed E-state index contributed by atoms with van der Waals surface area (Å²) in [6.07, 6.45) is -0.516. The number of rotatable bonds is 4. The molecule has 0 aliphatic heterocycles. The van der Waals surface area contributed by atoms with Gasteiger partial charge in [-0.05, 0) is 12.5 Å². The van der Waals surface area contributed by atoms with E-state index in [1.54, 1.807) is 6.92 Å². The number of carbonyl (C=O) groups excluding carboxylic acids is 1. The summed E-state index contributed by atoms with van der Waals surface area (Å²) in [5.41, 5.74) is 0.935. The van der Waals surface area contributed by atoms with Crippen LogP contribution in [0.1, 0.15) is 19.4 Å². The highest BCUT2D eigenvalue weighted by Gasteiger charge is 2.09. The molecule has 5 heteroatoms. The van der Waals surface area contributed by atoms with Crippen LogP contribution < -0.4 is 0 Å². The van der Waals surface area contributed by atoms with E-state index >= 15 is 0 Å². The van der Waals surface area contributed by atoms with Crippen molar-refractivity contribution < 1.29 is 14.3 Å². The highest BCUT2D eigenvalue weighted by atomic mass is 16.6. The van der Waals surface area contributed by atoms with Crippen LogP contribution in [0.25, 0.3) is 0 Å². The van der Waals surface area contributed by atoms with Crippen molar-refractivity contribution in [2.75, 3.05) is 13.7 Å². The van der Waals surface area contributed by atoms with Gasteiger partial charge in [-0.3, -0.25) is 0 Å². The van der Waals surface area contributed by atoms with Gasteiger partial charge in [0.15, 0.2) is 0 Å². The maximum Gasteiger partial charge on any atom is 0.430 e. The molecule has 0 heterocycles. The molecule has 0 fully saturated rings. The quantitative estimate of drug-likeness (QED) is 0.469. The number of ether oxygens (including phenoxy) is 2. The van der Waals surface area contributed by atoms with Gasteiger partial charge in [0.05, 0.1) is 6.61 Å². The van der Waals surface area contributed by atoms with Gasteiger partial charge in [0, 0.05) is 14.0 Å². The van der Waals surface area contributed by atoms with Crippen LogP contribution in [0.3, 0.4) is 0 Å². The molecule has 0 aromatic heterocycles. The Hall–Kier alpha value is -2.04. The molecule has 0 unspecified atom stereocenters. The standard InChI is InChI=1S/C13H18N2O3/c1-4-17-11(2)14-15(3)13(16)18-10-12-8-6-5-7-9-12/h5-9H,4,10H2,1-3H3. The molecule has 0 saturated carbocycles. The molecule has 0 spiro atoms. The van der Waals surface area contributed by atoms with Crippen LogP contribution in [-0.2, 0) is 16.1 Å². The Morgan fingerprint density at radius 3 is 2.56 bits per heavy atom. The van der Waals surface area contributed by atoms with E-state index in [-0.39, 0.29) is 6.61 Å². The molecular formula is C13H18N2O3. The fourth-order valence-corrected chi connectivity index (χ4v) is 1.30. The number of hydrazone groups is 1. The summed E-state index contributed by atoms with van der Waals surface area (Å²) >= 11 is 0. The number of benzene rings is 1. The molecule has 0 atom stereocenters. The van der Waals surface area contributed by atoms with Crippen molar-refractivity contribution in [3.8, 4) is 0 Å². The summed E-state index contributed by atoms with van der Waals surface area (Å²) < 4.78 is 10.2. The van der Waals surface area contributed by atoms with Crippen molar-refractivity contribution in [2.24, 2.45) is 5.10 Å². The molecule has 1 aromatic carbocycles. The molecule has 18 heavy (non-hydrogen) atoms. The lowest BCUT2D eigenvalue weighted by atomic mass is 10.2. The maximum absolute atomic E-state index is 11.6. The van der Waals surface area contributed by atoms with Gasteiger partial charge in [-0.2, -0.15) is 5.01 Å². The maximum atomic E-state index is 11.6. The summed E-state index contributed by atoms with van der Waals surface area (Å²) in [4.78, 5) is 11.6. The third kappa shape index (κ3) is 4.86. The smallest absolute Gasteiger partial charge is 0.430 e. The normalized spacial score (nSPS) is 10.9. The summed E-state index contributed by atoms with van der Waals surface area (Å²) in [6, 6.07) is 9.48. The summed E-state index contributed by atoms with van der Waals surface area (Å²) in [5, 5.41) is 5.05. The van der Waals surface area contributed by atoms with Crippen LogP contribution in [0.15, 0.2) is 35.4 Å². The van der Waals surface area contributed by atoms with Gasteiger partial charge in [-0.15, -0.1) is 5.10 Å². The molecule has 1 aromatic rings. The SMILES string of the molecule is CCOC(C)=NN(C)C(=O)OCc1ccccc1. The van der Waals surface area contributed by atoms with E-state index in [1.165, 1.54) is 7.05 Å². The van der Waals surface area contributed by atoms with Crippen LogP contribution in [-0.4, -0.2) is 30.7 Å². The Morgan fingerprint density at radius 2 is 1.94 bits per heavy atom. The molecule has 5 nitrogen and oxygen atoms in total. The molecule has 0 aliphatic rings. The van der Waals surface area contributed by atoms with E-state index < -0.39 is 6.09 Å². The highest BCUT2D eigenvalue weighted by molar-refractivity contribution is 5.75. The molecule has 0 N–H and O–H groups in total. The van der Waals surface area contributed by atoms with E-state index in [2.05, 4.69) is 5.10 Å². The van der Waals surface area contributed by atoms with Crippen molar-refractivity contribution in [1.29, 1.82) is 0 Å². The summed E-state index contributed by atoms with van der Waals surface area (Å²) in [5.74, 6) is 0.427. The van der Waals surface area contributed by atoms with Crippen LogP contribution in [0.4, 0.5) is 4.79 Å². The van der Waals surface area contributed by atoms with Crippen molar-refractivity contribution >= 4 is 12.0 Å². The first-order valence-electron chi connectivity index (χ1n) is 5.76. The first-order valence-corrected chi connectivity index (χ1v) is 5.76. The molecule has 0 bridgehead atoms. The van der Waals surface area contributed by atoms with E-state index in [0.29, 0.717) is 12.5 Å². The monoisotopic (exact) mass is 250 g/mol. The minimum atomic E-state index is -0.516. The predicted octanol–water partition coefficient (Wildman–Crippen LogP) is 2.62. The van der Waals surface area contributed by atoms with Crippen LogP contribution in [0.2, 0.25) is 0 Å². The van der Waals surface area contributed by atoms with Gasteiger partial charge in [-0.1, -0.05) is 30.3 Å². The lowest BCUT2D eigenvalue weighted by molar-refractivity contribution is 0.104. The van der Waals surface area contributed by atoms with Gasteiger partial charge in [0.1, 0.15) is 6.61 Å². The van der Waals surface area contributed by atoms with Gasteiger partial charge in [0.2, 0.25) is 5.90 Å². The lowest BCUT2D eigenvalue weighted by Gasteiger charge is -2.12. The Balaban J connectivity index is 2.43. The fourth-order valence-electron chi connectivity index (χ4n) is 1.30. The Bertz CT molecular complexity index is 404. The second kappa shape index (κ2) is 7.32. The molecule has 0 saturated heterocycles. The van der Waals surface area contributed by atoms with E-state index in [4.69, 9.17) is 9.47 Å². The Kier molecular flexibility index (Phi) is 5.70. The van der Waals surface area contributed by atoms with Crippen molar-refractivity contribution in [3.63, 3.8) is 0 Å². The molecule has 1 rings (SSSR count). The number of nitrogens with zero attached hydrogens (tertiary/aromatic N) is 2. The molecule has 0 aliphatic carbocycles. The summed E-state index contributed by atoms with van der Waals surface area (Å²) in [6.45, 7) is 4.28. The third-order valence-electron chi connectivity index (χ3n) is 2.11. The zero-order valence-corrected chi connectivity index (χ0v) is 10.9. The molecule has 0 radical (unpaired) electrons. The van der Waals surface area contributed by atoms with Crippen molar-refractivity contribution in [2.45, 2.75) is 20.5 Å². The average molecular weight is 250 g/mol. The van der Waals surface area contributed by atoms with Crippen molar-refractivity contribution in [1.82, 2.24) is 5.01 Å². The van der Waals surface area contributed by atoms with E-state index in [0.717, 1.165) is 10.6 Å². The number of hydrogen-bond donors (Lipinski definition) is 0. The van der Waals surface area contributed by atoms with Crippen LogP contribution in [0.5, 0.6) is 0 Å². The second-order valence-corrected chi connectivity index (χ2v) is 3.62. The van der Waals surface area contributed by atoms with Crippen LogP contribution in [0, 0.1) is 0 Å². The molecule has 1 amide bonds. The number of amides is 1. The first kappa shape index (κ1) is 14.0. The number of hydrogen-bond acceptors (Lipinski definition) is 4.